The molecule has 0 aliphatic carbocycles. The lowest BCUT2D eigenvalue weighted by Crippen LogP contribution is -2.50. The molecular weight excluding hydrogens is 382 g/mol. The first-order valence-electron chi connectivity index (χ1n) is 10.5. The second kappa shape index (κ2) is 11.0. The smallest absolute Gasteiger partial charge is 0.308 e. The molecule has 3 aliphatic rings. The Kier molecular flexibility index (Phi) is 9.02. The van der Waals surface area contributed by atoms with Crippen LogP contribution < -0.4 is 5.32 Å². The minimum atomic E-state index is -0.814. The number of carbonyl (C=O) groups excluding carboxylic acids is 2. The molecule has 7 nitrogen and oxygen atoms in total. The van der Waals surface area contributed by atoms with Crippen molar-refractivity contribution < 1.29 is 19.5 Å². The summed E-state index contributed by atoms with van der Waals surface area (Å²) in [4.78, 5) is 40.3. The lowest BCUT2D eigenvalue weighted by atomic mass is 9.91. The Morgan fingerprint density at radius 2 is 1.50 bits per heavy atom. The van der Waals surface area contributed by atoms with E-state index < -0.39 is 11.9 Å². The van der Waals surface area contributed by atoms with Crippen LogP contribution in [0, 0.1) is 17.8 Å². The number of aliphatic carboxylic acids is 1. The van der Waals surface area contributed by atoms with Gasteiger partial charge < -0.3 is 20.2 Å². The van der Waals surface area contributed by atoms with Crippen molar-refractivity contribution in [3.05, 3.63) is 0 Å². The molecule has 3 fully saturated rings. The van der Waals surface area contributed by atoms with Gasteiger partial charge in [0.05, 0.1) is 11.8 Å². The van der Waals surface area contributed by atoms with E-state index in [0.717, 1.165) is 58.2 Å². The van der Waals surface area contributed by atoms with E-state index in [-0.39, 0.29) is 30.1 Å². The summed E-state index contributed by atoms with van der Waals surface area (Å²) in [5.41, 5.74) is 0. The molecule has 0 saturated carbocycles. The summed E-state index contributed by atoms with van der Waals surface area (Å²) in [5.74, 6) is -0.586. The van der Waals surface area contributed by atoms with Gasteiger partial charge in [-0.2, -0.15) is 0 Å². The summed E-state index contributed by atoms with van der Waals surface area (Å²) in [6.45, 7) is 4.29. The maximum atomic E-state index is 12.9. The van der Waals surface area contributed by atoms with E-state index in [9.17, 15) is 19.5 Å². The van der Waals surface area contributed by atoms with Gasteiger partial charge in [0.25, 0.3) is 0 Å². The fraction of sp³-hybridized carbons (Fsp3) is 0.850. The van der Waals surface area contributed by atoms with Crippen LogP contribution in [0.2, 0.25) is 0 Å². The van der Waals surface area contributed by atoms with Gasteiger partial charge in [0, 0.05) is 32.6 Å². The molecule has 2 N–H and O–H groups in total. The Morgan fingerprint density at radius 3 is 2.18 bits per heavy atom. The van der Waals surface area contributed by atoms with Crippen molar-refractivity contribution in [1.82, 2.24) is 15.1 Å². The second-order valence-electron chi connectivity index (χ2n) is 8.37. The summed E-state index contributed by atoms with van der Waals surface area (Å²) < 4.78 is 0. The third kappa shape index (κ3) is 6.08. The Bertz CT molecular complexity index is 554. The number of nitrogens with one attached hydrogen (secondary N) is 1. The predicted molar refractivity (Wildman–Crippen MR) is 108 cm³/mol. The molecule has 28 heavy (non-hydrogen) atoms. The predicted octanol–water partition coefficient (Wildman–Crippen LogP) is 1.75. The number of carboxylic acids is 1. The van der Waals surface area contributed by atoms with Crippen molar-refractivity contribution >= 4 is 30.2 Å². The third-order valence-electron chi connectivity index (χ3n) is 6.43. The molecule has 0 aromatic carbocycles. The largest absolute Gasteiger partial charge is 0.481 e. The van der Waals surface area contributed by atoms with Crippen LogP contribution in [0.25, 0.3) is 0 Å². The summed E-state index contributed by atoms with van der Waals surface area (Å²) in [5, 5.41) is 12.6. The monoisotopic (exact) mass is 415 g/mol. The highest BCUT2D eigenvalue weighted by Gasteiger charge is 2.34. The molecule has 2 amide bonds. The van der Waals surface area contributed by atoms with Gasteiger partial charge in [-0.1, -0.05) is 0 Å². The molecule has 3 saturated heterocycles. The topological polar surface area (TPSA) is 90.0 Å². The maximum Gasteiger partial charge on any atom is 0.308 e. The SMILES string of the molecule is Cl.O=C(O)C1CCCN(C(=O)[C@@H]2CCCN(C(=O)CCC3CCNCC3)C2)C1. The first-order valence-corrected chi connectivity index (χ1v) is 10.5. The summed E-state index contributed by atoms with van der Waals surface area (Å²) in [6.07, 6.45) is 6.86. The number of nitrogens with zero attached hydrogens (tertiary/aromatic N) is 2. The molecule has 1 unspecified atom stereocenters. The quantitative estimate of drug-likeness (QED) is 0.713. The van der Waals surface area contributed by atoms with Crippen molar-refractivity contribution in [2.75, 3.05) is 39.3 Å². The molecule has 0 aromatic heterocycles. The molecule has 3 heterocycles. The average molecular weight is 416 g/mol. The van der Waals surface area contributed by atoms with Crippen molar-refractivity contribution in [2.24, 2.45) is 17.8 Å². The van der Waals surface area contributed by atoms with Crippen molar-refractivity contribution in [3.8, 4) is 0 Å². The van der Waals surface area contributed by atoms with Gasteiger partial charge in [0.1, 0.15) is 0 Å². The van der Waals surface area contributed by atoms with Gasteiger partial charge in [-0.25, -0.2) is 0 Å². The standard InChI is InChI=1S/C20H33N3O4.ClH/c24-18(6-5-15-7-9-21-10-8-15)22-11-1-3-16(13-22)19(25)23-12-2-4-17(14-23)20(26)27;/h15-17,21H,1-14H2,(H,26,27);1H/t16-,17?;/m1./s1. The highest BCUT2D eigenvalue weighted by molar-refractivity contribution is 5.85. The molecule has 0 bridgehead atoms. The fourth-order valence-corrected chi connectivity index (χ4v) is 4.70. The van der Waals surface area contributed by atoms with Crippen LogP contribution in [-0.4, -0.2) is 72.0 Å². The zero-order valence-corrected chi connectivity index (χ0v) is 17.4. The number of hydrogen-bond acceptors (Lipinski definition) is 4. The number of piperidine rings is 3. The van der Waals surface area contributed by atoms with Gasteiger partial charge in [0.2, 0.25) is 11.8 Å². The molecule has 0 spiro atoms. The number of likely N-dealkylation sites (tertiary alicyclic amines) is 2. The first-order chi connectivity index (χ1) is 13.0. The van der Waals surface area contributed by atoms with Gasteiger partial charge in [-0.15, -0.1) is 12.4 Å². The van der Waals surface area contributed by atoms with E-state index in [1.54, 1.807) is 4.90 Å². The van der Waals surface area contributed by atoms with Crippen LogP contribution in [0.5, 0.6) is 0 Å². The summed E-state index contributed by atoms with van der Waals surface area (Å²) in [6, 6.07) is 0. The second-order valence-corrected chi connectivity index (χ2v) is 8.37. The number of halogens is 1. The highest BCUT2D eigenvalue weighted by Crippen LogP contribution is 2.25. The van der Waals surface area contributed by atoms with E-state index in [2.05, 4.69) is 5.32 Å². The van der Waals surface area contributed by atoms with Gasteiger partial charge in [-0.05, 0) is 64.0 Å². The normalized spacial score (nSPS) is 26.4. The van der Waals surface area contributed by atoms with Crippen LogP contribution in [0.1, 0.15) is 51.4 Å². The number of hydrogen-bond donors (Lipinski definition) is 2. The number of carbonyl (C=O) groups is 3. The lowest BCUT2D eigenvalue weighted by Gasteiger charge is -2.37. The van der Waals surface area contributed by atoms with E-state index >= 15 is 0 Å². The Balaban J connectivity index is 0.00000280. The molecule has 3 aliphatic heterocycles. The first kappa shape index (κ1) is 22.9. The van der Waals surface area contributed by atoms with E-state index in [4.69, 9.17) is 0 Å². The van der Waals surface area contributed by atoms with Crippen LogP contribution in [0.15, 0.2) is 0 Å². The molecular formula is C20H34ClN3O4. The summed E-state index contributed by atoms with van der Waals surface area (Å²) >= 11 is 0. The average Bonchev–Trinajstić information content (AvgIpc) is 2.72. The summed E-state index contributed by atoms with van der Waals surface area (Å²) in [7, 11) is 0. The van der Waals surface area contributed by atoms with E-state index in [1.165, 1.54) is 0 Å². The van der Waals surface area contributed by atoms with Crippen molar-refractivity contribution in [1.29, 1.82) is 0 Å². The fourth-order valence-electron chi connectivity index (χ4n) is 4.70. The van der Waals surface area contributed by atoms with Crippen molar-refractivity contribution in [2.45, 2.75) is 51.4 Å². The minimum absolute atomic E-state index is 0. The van der Waals surface area contributed by atoms with Gasteiger partial charge >= 0.3 is 5.97 Å². The number of rotatable bonds is 5. The highest BCUT2D eigenvalue weighted by atomic mass is 35.5. The van der Waals surface area contributed by atoms with Crippen LogP contribution in [-0.2, 0) is 14.4 Å². The molecule has 160 valence electrons. The Labute approximate surface area is 173 Å². The molecule has 8 heteroatoms. The van der Waals surface area contributed by atoms with Crippen LogP contribution in [0.4, 0.5) is 0 Å². The van der Waals surface area contributed by atoms with Crippen molar-refractivity contribution in [3.63, 3.8) is 0 Å². The molecule has 0 radical (unpaired) electrons. The van der Waals surface area contributed by atoms with E-state index in [0.29, 0.717) is 38.4 Å². The Morgan fingerprint density at radius 1 is 0.893 bits per heavy atom. The zero-order valence-electron chi connectivity index (χ0n) is 16.6. The molecule has 3 rings (SSSR count). The Hall–Kier alpha value is -1.34. The molecule has 0 aromatic rings. The number of carboxylic acid groups (broad SMARTS) is 1. The van der Waals surface area contributed by atoms with Gasteiger partial charge in [0.15, 0.2) is 0 Å². The zero-order chi connectivity index (χ0) is 19.2. The lowest BCUT2D eigenvalue weighted by molar-refractivity contribution is -0.147. The maximum absolute atomic E-state index is 12.9. The molecule has 2 atom stereocenters. The van der Waals surface area contributed by atoms with Crippen LogP contribution in [0.3, 0.4) is 0 Å². The number of amides is 2. The third-order valence-corrected chi connectivity index (χ3v) is 6.43. The van der Waals surface area contributed by atoms with E-state index in [1.807, 2.05) is 4.90 Å². The minimum Gasteiger partial charge on any atom is -0.481 e. The van der Waals surface area contributed by atoms with Gasteiger partial charge in [-0.3, -0.25) is 14.4 Å². The van der Waals surface area contributed by atoms with Crippen LogP contribution >= 0.6 is 12.4 Å².